The van der Waals surface area contributed by atoms with E-state index in [1.165, 1.54) is 4.90 Å². The van der Waals surface area contributed by atoms with Gasteiger partial charge in [-0.15, -0.1) is 0 Å². The highest BCUT2D eigenvalue weighted by Crippen LogP contribution is 2.19. The molecule has 1 heterocycles. The van der Waals surface area contributed by atoms with Crippen molar-refractivity contribution < 1.29 is 14.4 Å². The molecule has 1 aromatic rings. The van der Waals surface area contributed by atoms with E-state index in [0.717, 1.165) is 13.1 Å². The van der Waals surface area contributed by atoms with Crippen molar-refractivity contribution in [2.24, 2.45) is 0 Å². The lowest BCUT2D eigenvalue weighted by Crippen LogP contribution is -3.16. The Bertz CT molecular complexity index is 443. The van der Waals surface area contributed by atoms with Gasteiger partial charge in [0, 0.05) is 0 Å². The number of benzene rings is 1. The molecule has 0 aliphatic carbocycles. The Labute approximate surface area is 118 Å². The minimum Gasteiger partial charge on any atom is -0.364 e. The number of carbonyl (C=O) groups is 1. The number of rotatable bonds is 3. The molecule has 5 heteroatoms. The quantitative estimate of drug-likeness (QED) is 0.868. The third kappa shape index (κ3) is 4.20. The van der Waals surface area contributed by atoms with E-state index in [1.807, 2.05) is 26.0 Å². The summed E-state index contributed by atoms with van der Waals surface area (Å²) in [5.41, 5.74) is 0.669. The molecule has 104 valence electrons. The Morgan fingerprint density at radius 1 is 1.37 bits per heavy atom. The van der Waals surface area contributed by atoms with Crippen LogP contribution in [0.2, 0.25) is 5.02 Å². The number of carbonyl (C=O) groups excluding carboxylic acids is 1. The number of amides is 1. The summed E-state index contributed by atoms with van der Waals surface area (Å²) >= 11 is 6.02. The molecule has 0 radical (unpaired) electrons. The molecular weight excluding hydrogens is 264 g/mol. The van der Waals surface area contributed by atoms with E-state index in [9.17, 15) is 4.79 Å². The molecule has 2 N–H and O–H groups in total. The van der Waals surface area contributed by atoms with Crippen LogP contribution in [0.3, 0.4) is 0 Å². The third-order valence-corrected chi connectivity index (χ3v) is 3.50. The zero-order valence-electron chi connectivity index (χ0n) is 11.3. The van der Waals surface area contributed by atoms with Crippen LogP contribution < -0.4 is 10.2 Å². The van der Waals surface area contributed by atoms with E-state index in [4.69, 9.17) is 16.3 Å². The lowest BCUT2D eigenvalue weighted by Gasteiger charge is -2.31. The predicted molar refractivity (Wildman–Crippen MR) is 75.7 cm³/mol. The molecule has 1 amide bonds. The molecule has 0 saturated carbocycles. The molecule has 1 aliphatic heterocycles. The Morgan fingerprint density at radius 2 is 2.00 bits per heavy atom. The second-order valence-electron chi connectivity index (χ2n) is 5.12. The SMILES string of the molecule is C[C@H]1C[NH+](CC(=O)Nc2ccccc2Cl)C[C@H](C)O1. The molecule has 1 saturated heterocycles. The maximum Gasteiger partial charge on any atom is 0.279 e. The van der Waals surface area contributed by atoms with Gasteiger partial charge in [-0.2, -0.15) is 0 Å². The Balaban J connectivity index is 1.89. The number of quaternary nitrogens is 1. The number of ether oxygens (including phenoxy) is 1. The summed E-state index contributed by atoms with van der Waals surface area (Å²) < 4.78 is 5.66. The normalized spacial score (nSPS) is 27.0. The summed E-state index contributed by atoms with van der Waals surface area (Å²) in [5.74, 6) is -0.00981. The van der Waals surface area contributed by atoms with Gasteiger partial charge in [0.25, 0.3) is 5.91 Å². The lowest BCUT2D eigenvalue weighted by molar-refractivity contribution is -0.907. The maximum absolute atomic E-state index is 12.0. The van der Waals surface area contributed by atoms with Crippen LogP contribution in [-0.4, -0.2) is 37.7 Å². The molecule has 2 atom stereocenters. The van der Waals surface area contributed by atoms with Gasteiger partial charge in [0.1, 0.15) is 25.3 Å². The summed E-state index contributed by atoms with van der Waals surface area (Å²) in [6.07, 6.45) is 0.402. The largest absolute Gasteiger partial charge is 0.364 e. The average molecular weight is 284 g/mol. The van der Waals surface area contributed by atoms with E-state index >= 15 is 0 Å². The first-order valence-electron chi connectivity index (χ1n) is 6.58. The van der Waals surface area contributed by atoms with Crippen LogP contribution in [0.5, 0.6) is 0 Å². The van der Waals surface area contributed by atoms with Gasteiger partial charge < -0.3 is 15.0 Å². The highest BCUT2D eigenvalue weighted by molar-refractivity contribution is 6.33. The summed E-state index contributed by atoms with van der Waals surface area (Å²) in [6.45, 7) is 6.26. The molecule has 19 heavy (non-hydrogen) atoms. The zero-order valence-corrected chi connectivity index (χ0v) is 12.0. The van der Waals surface area contributed by atoms with Crippen molar-refractivity contribution in [2.75, 3.05) is 25.0 Å². The van der Waals surface area contributed by atoms with Gasteiger partial charge >= 0.3 is 0 Å². The summed E-state index contributed by atoms with van der Waals surface area (Å²) in [7, 11) is 0. The van der Waals surface area contributed by atoms with E-state index < -0.39 is 0 Å². The zero-order chi connectivity index (χ0) is 13.8. The van der Waals surface area contributed by atoms with E-state index in [-0.39, 0.29) is 18.1 Å². The van der Waals surface area contributed by atoms with Crippen molar-refractivity contribution in [3.63, 3.8) is 0 Å². The molecule has 4 nitrogen and oxygen atoms in total. The molecule has 1 aliphatic rings. The van der Waals surface area contributed by atoms with Crippen molar-refractivity contribution in [1.82, 2.24) is 0 Å². The number of hydrogen-bond donors (Lipinski definition) is 2. The first-order valence-corrected chi connectivity index (χ1v) is 6.96. The average Bonchev–Trinajstić information content (AvgIpc) is 2.30. The fourth-order valence-corrected chi connectivity index (χ4v) is 2.70. The van der Waals surface area contributed by atoms with Crippen LogP contribution in [0.15, 0.2) is 24.3 Å². The number of hydrogen-bond acceptors (Lipinski definition) is 2. The fourth-order valence-electron chi connectivity index (χ4n) is 2.52. The second kappa shape index (κ2) is 6.37. The van der Waals surface area contributed by atoms with E-state index in [1.54, 1.807) is 12.1 Å². The minimum absolute atomic E-state index is 0.00981. The summed E-state index contributed by atoms with van der Waals surface area (Å²) in [6, 6.07) is 7.27. The van der Waals surface area contributed by atoms with Crippen molar-refractivity contribution in [2.45, 2.75) is 26.1 Å². The summed E-state index contributed by atoms with van der Waals surface area (Å²) in [5, 5.41) is 3.42. The van der Waals surface area contributed by atoms with E-state index in [0.29, 0.717) is 17.3 Å². The molecule has 0 aromatic heterocycles. The predicted octanol–water partition coefficient (Wildman–Crippen LogP) is 0.971. The fraction of sp³-hybridized carbons (Fsp3) is 0.500. The van der Waals surface area contributed by atoms with Gasteiger partial charge in [0.2, 0.25) is 0 Å². The number of morpholine rings is 1. The third-order valence-electron chi connectivity index (χ3n) is 3.18. The second-order valence-corrected chi connectivity index (χ2v) is 5.53. The molecular formula is C14H20ClN2O2+. The molecule has 2 rings (SSSR count). The van der Waals surface area contributed by atoms with Gasteiger partial charge in [0.15, 0.2) is 6.54 Å². The summed E-state index contributed by atoms with van der Waals surface area (Å²) in [4.78, 5) is 13.3. The standard InChI is InChI=1S/C14H19ClN2O2/c1-10-7-17(8-11(2)19-10)9-14(18)16-13-6-4-3-5-12(13)15/h3-6,10-11H,7-9H2,1-2H3,(H,16,18)/p+1/t10-,11-/m0/s1. The van der Waals surface area contributed by atoms with Crippen LogP contribution in [0.25, 0.3) is 0 Å². The highest BCUT2D eigenvalue weighted by Gasteiger charge is 2.27. The van der Waals surface area contributed by atoms with Crippen molar-refractivity contribution >= 4 is 23.2 Å². The van der Waals surface area contributed by atoms with Crippen LogP contribution in [0, 0.1) is 0 Å². The van der Waals surface area contributed by atoms with Crippen molar-refractivity contribution in [3.05, 3.63) is 29.3 Å². The van der Waals surface area contributed by atoms with Gasteiger partial charge in [-0.05, 0) is 26.0 Å². The van der Waals surface area contributed by atoms with Crippen LogP contribution >= 0.6 is 11.6 Å². The molecule has 0 unspecified atom stereocenters. The van der Waals surface area contributed by atoms with Gasteiger partial charge in [-0.1, -0.05) is 23.7 Å². The molecule has 0 spiro atoms. The monoisotopic (exact) mass is 283 g/mol. The van der Waals surface area contributed by atoms with Gasteiger partial charge in [0.05, 0.1) is 10.7 Å². The number of halogens is 1. The Kier molecular flexibility index (Phi) is 4.80. The number of nitrogens with one attached hydrogen (secondary N) is 2. The molecule has 0 bridgehead atoms. The van der Waals surface area contributed by atoms with Gasteiger partial charge in [-0.3, -0.25) is 4.79 Å². The smallest absolute Gasteiger partial charge is 0.279 e. The van der Waals surface area contributed by atoms with Crippen molar-refractivity contribution in [3.8, 4) is 0 Å². The first-order chi connectivity index (χ1) is 9.04. The van der Waals surface area contributed by atoms with Crippen molar-refractivity contribution in [1.29, 1.82) is 0 Å². The van der Waals surface area contributed by atoms with Crippen LogP contribution in [0.1, 0.15) is 13.8 Å². The first kappa shape index (κ1) is 14.3. The molecule has 1 aromatic carbocycles. The molecule has 1 fully saturated rings. The maximum atomic E-state index is 12.0. The van der Waals surface area contributed by atoms with Crippen LogP contribution in [0.4, 0.5) is 5.69 Å². The minimum atomic E-state index is -0.00981. The lowest BCUT2D eigenvalue weighted by atomic mass is 10.2. The Hall–Kier alpha value is -1.10. The number of anilines is 1. The topological polar surface area (TPSA) is 42.8 Å². The highest BCUT2D eigenvalue weighted by atomic mass is 35.5. The van der Waals surface area contributed by atoms with Gasteiger partial charge in [-0.25, -0.2) is 0 Å². The Morgan fingerprint density at radius 3 is 2.63 bits per heavy atom. The van der Waals surface area contributed by atoms with E-state index in [2.05, 4.69) is 5.32 Å². The van der Waals surface area contributed by atoms with Crippen LogP contribution in [-0.2, 0) is 9.53 Å². The number of para-hydroxylation sites is 1.